The number of benzene rings is 2. The number of rotatable bonds is 6. The fraction of sp³-hybridized carbons (Fsp3) is 0.167. The molecule has 0 aliphatic carbocycles. The van der Waals surface area contributed by atoms with Crippen molar-refractivity contribution in [1.82, 2.24) is 4.31 Å². The van der Waals surface area contributed by atoms with Crippen molar-refractivity contribution in [2.75, 3.05) is 26.5 Å². The van der Waals surface area contributed by atoms with Crippen molar-refractivity contribution in [3.63, 3.8) is 0 Å². The van der Waals surface area contributed by atoms with Gasteiger partial charge in [0, 0.05) is 25.2 Å². The van der Waals surface area contributed by atoms with Crippen LogP contribution in [0, 0.1) is 0 Å². The first-order chi connectivity index (χ1) is 12.2. The fourth-order valence-corrected chi connectivity index (χ4v) is 3.24. The highest BCUT2D eigenvalue weighted by molar-refractivity contribution is 7.89. The average Bonchev–Trinajstić information content (AvgIpc) is 2.60. The number of hydrogen-bond acceptors (Lipinski definition) is 4. The van der Waals surface area contributed by atoms with E-state index in [4.69, 9.17) is 16.3 Å². The van der Waals surface area contributed by atoms with Gasteiger partial charge in [-0.25, -0.2) is 12.7 Å². The minimum Gasteiger partial charge on any atom is -0.495 e. The van der Waals surface area contributed by atoms with Crippen LogP contribution in [0.4, 0.5) is 5.69 Å². The largest absolute Gasteiger partial charge is 0.495 e. The maximum absolute atomic E-state index is 12.3. The minimum absolute atomic E-state index is 0.0532. The molecule has 0 radical (unpaired) electrons. The molecule has 2 aromatic rings. The second-order valence-electron chi connectivity index (χ2n) is 5.53. The molecule has 0 saturated heterocycles. The van der Waals surface area contributed by atoms with E-state index in [1.165, 1.54) is 45.5 Å². The smallest absolute Gasteiger partial charge is 0.248 e. The maximum Gasteiger partial charge on any atom is 0.248 e. The SMILES string of the molecule is COc1ccc(S(=O)(=O)N(C)C)cc1NC(=O)/C=C/c1cccc(Cl)c1. The second-order valence-corrected chi connectivity index (χ2v) is 8.12. The Balaban J connectivity index is 2.26. The van der Waals surface area contributed by atoms with Gasteiger partial charge in [0.1, 0.15) is 5.75 Å². The van der Waals surface area contributed by atoms with Gasteiger partial charge in [-0.1, -0.05) is 23.7 Å². The number of nitrogens with zero attached hydrogens (tertiary/aromatic N) is 1. The van der Waals surface area contributed by atoms with Crippen LogP contribution in [0.25, 0.3) is 6.08 Å². The first-order valence-corrected chi connectivity index (χ1v) is 9.41. The topological polar surface area (TPSA) is 75.7 Å². The summed E-state index contributed by atoms with van der Waals surface area (Å²) in [5, 5.41) is 3.20. The molecule has 26 heavy (non-hydrogen) atoms. The minimum atomic E-state index is -3.63. The molecule has 0 heterocycles. The highest BCUT2D eigenvalue weighted by Crippen LogP contribution is 2.28. The third-order valence-electron chi connectivity index (χ3n) is 3.48. The number of carbonyl (C=O) groups excluding carboxylic acids is 1. The van der Waals surface area contributed by atoms with E-state index in [1.54, 1.807) is 30.3 Å². The molecule has 0 aliphatic heterocycles. The lowest BCUT2D eigenvalue weighted by Crippen LogP contribution is -2.22. The van der Waals surface area contributed by atoms with Crippen molar-refractivity contribution >= 4 is 39.3 Å². The summed E-state index contributed by atoms with van der Waals surface area (Å²) >= 11 is 5.90. The van der Waals surface area contributed by atoms with Gasteiger partial charge in [-0.05, 0) is 42.0 Å². The van der Waals surface area contributed by atoms with Crippen molar-refractivity contribution in [1.29, 1.82) is 0 Å². The molecule has 138 valence electrons. The predicted octanol–water partition coefficient (Wildman–Crippen LogP) is 3.25. The molecule has 0 atom stereocenters. The summed E-state index contributed by atoms with van der Waals surface area (Å²) in [7, 11) is 0.683. The van der Waals surface area contributed by atoms with Gasteiger partial charge < -0.3 is 10.1 Å². The summed E-state index contributed by atoms with van der Waals surface area (Å²) in [6.45, 7) is 0. The van der Waals surface area contributed by atoms with Crippen LogP contribution in [0.15, 0.2) is 53.4 Å². The van der Waals surface area contributed by atoms with Gasteiger partial charge in [0.25, 0.3) is 0 Å². The Morgan fingerprint density at radius 2 is 1.92 bits per heavy atom. The molecule has 0 aliphatic rings. The van der Waals surface area contributed by atoms with Crippen molar-refractivity contribution in [2.45, 2.75) is 4.90 Å². The van der Waals surface area contributed by atoms with E-state index in [0.29, 0.717) is 10.8 Å². The lowest BCUT2D eigenvalue weighted by atomic mass is 10.2. The third-order valence-corrected chi connectivity index (χ3v) is 5.53. The van der Waals surface area contributed by atoms with Gasteiger partial charge in [-0.2, -0.15) is 0 Å². The molecule has 6 nitrogen and oxygen atoms in total. The molecule has 1 amide bonds. The zero-order valence-electron chi connectivity index (χ0n) is 14.6. The van der Waals surface area contributed by atoms with E-state index in [2.05, 4.69) is 5.32 Å². The fourth-order valence-electron chi connectivity index (χ4n) is 2.11. The molecular weight excluding hydrogens is 376 g/mol. The van der Waals surface area contributed by atoms with Crippen LogP contribution in [0.1, 0.15) is 5.56 Å². The summed E-state index contributed by atoms with van der Waals surface area (Å²) in [5.74, 6) is -0.0742. The van der Waals surface area contributed by atoms with E-state index in [0.717, 1.165) is 9.87 Å². The molecule has 2 rings (SSSR count). The molecule has 0 fully saturated rings. The van der Waals surface area contributed by atoms with E-state index in [1.807, 2.05) is 0 Å². The normalized spacial score (nSPS) is 11.7. The molecule has 0 spiro atoms. The molecule has 8 heteroatoms. The van der Waals surface area contributed by atoms with Gasteiger partial charge in [-0.15, -0.1) is 0 Å². The van der Waals surface area contributed by atoms with Crippen molar-refractivity contribution in [2.24, 2.45) is 0 Å². The van der Waals surface area contributed by atoms with E-state index in [-0.39, 0.29) is 10.6 Å². The van der Waals surface area contributed by atoms with Crippen LogP contribution in [-0.4, -0.2) is 39.8 Å². The first-order valence-electron chi connectivity index (χ1n) is 7.59. The zero-order valence-corrected chi connectivity index (χ0v) is 16.1. The molecule has 2 aromatic carbocycles. The van der Waals surface area contributed by atoms with Crippen LogP contribution in [0.5, 0.6) is 5.75 Å². The van der Waals surface area contributed by atoms with Crippen molar-refractivity contribution in [3.05, 3.63) is 59.1 Å². The summed E-state index contributed by atoms with van der Waals surface area (Å²) in [4.78, 5) is 12.2. The summed E-state index contributed by atoms with van der Waals surface area (Å²) in [6, 6.07) is 11.3. The molecule has 1 N–H and O–H groups in total. The van der Waals surface area contributed by atoms with E-state index in [9.17, 15) is 13.2 Å². The highest BCUT2D eigenvalue weighted by atomic mass is 35.5. The Labute approximate surface area is 158 Å². The standard InChI is InChI=1S/C18H19ClN2O4S/c1-21(2)26(23,24)15-8-9-17(25-3)16(12-15)20-18(22)10-7-13-5-4-6-14(19)11-13/h4-12H,1-3H3,(H,20,22)/b10-7+. The number of amides is 1. The van der Waals surface area contributed by atoms with Crippen LogP contribution in [-0.2, 0) is 14.8 Å². The highest BCUT2D eigenvalue weighted by Gasteiger charge is 2.19. The number of hydrogen-bond donors (Lipinski definition) is 1. The van der Waals surface area contributed by atoms with E-state index < -0.39 is 15.9 Å². The van der Waals surface area contributed by atoms with Gasteiger partial charge >= 0.3 is 0 Å². The van der Waals surface area contributed by atoms with Gasteiger partial charge in [0.05, 0.1) is 17.7 Å². The Kier molecular flexibility index (Phi) is 6.42. The lowest BCUT2D eigenvalue weighted by molar-refractivity contribution is -0.111. The quantitative estimate of drug-likeness (QED) is 0.763. The average molecular weight is 395 g/mol. The second kappa shape index (κ2) is 8.35. The van der Waals surface area contributed by atoms with Gasteiger partial charge in [0.2, 0.25) is 15.9 Å². The molecule has 0 bridgehead atoms. The predicted molar refractivity (Wildman–Crippen MR) is 103 cm³/mol. The van der Waals surface area contributed by atoms with Crippen LogP contribution in [0.2, 0.25) is 5.02 Å². The number of methoxy groups -OCH3 is 1. The van der Waals surface area contributed by atoms with Crippen LogP contribution in [0.3, 0.4) is 0 Å². The first kappa shape index (κ1) is 20.0. The van der Waals surface area contributed by atoms with Gasteiger partial charge in [0.15, 0.2) is 0 Å². The Bertz CT molecular complexity index is 940. The number of carbonyl (C=O) groups is 1. The summed E-state index contributed by atoms with van der Waals surface area (Å²) in [6.07, 6.45) is 2.94. The Hall–Kier alpha value is -2.35. The Morgan fingerprint density at radius 1 is 1.19 bits per heavy atom. The van der Waals surface area contributed by atoms with Crippen LogP contribution >= 0.6 is 11.6 Å². The Morgan fingerprint density at radius 3 is 2.54 bits per heavy atom. The monoisotopic (exact) mass is 394 g/mol. The number of halogens is 1. The zero-order chi connectivity index (χ0) is 19.3. The van der Waals surface area contributed by atoms with E-state index >= 15 is 0 Å². The number of anilines is 1. The third kappa shape index (κ3) is 4.85. The van der Waals surface area contributed by atoms with Crippen molar-refractivity contribution in [3.8, 4) is 5.75 Å². The molecule has 0 aromatic heterocycles. The maximum atomic E-state index is 12.3. The number of nitrogens with one attached hydrogen (secondary N) is 1. The molecule has 0 unspecified atom stereocenters. The summed E-state index contributed by atoms with van der Waals surface area (Å²) < 4.78 is 30.8. The van der Waals surface area contributed by atoms with Crippen molar-refractivity contribution < 1.29 is 17.9 Å². The molecular formula is C18H19ClN2O4S. The van der Waals surface area contributed by atoms with Gasteiger partial charge in [-0.3, -0.25) is 4.79 Å². The summed E-state index contributed by atoms with van der Waals surface area (Å²) in [5.41, 5.74) is 1.03. The van der Waals surface area contributed by atoms with Crippen LogP contribution < -0.4 is 10.1 Å². The lowest BCUT2D eigenvalue weighted by Gasteiger charge is -2.14. The number of sulfonamides is 1. The molecule has 0 saturated carbocycles. The number of ether oxygens (including phenoxy) is 1.